The van der Waals surface area contributed by atoms with Gasteiger partial charge in [0.1, 0.15) is 5.69 Å². The summed E-state index contributed by atoms with van der Waals surface area (Å²) in [5.41, 5.74) is 10.6. The summed E-state index contributed by atoms with van der Waals surface area (Å²) in [5.74, 6) is -0.205. The molecule has 0 saturated heterocycles. The second kappa shape index (κ2) is 9.05. The van der Waals surface area contributed by atoms with E-state index in [0.29, 0.717) is 16.9 Å². The van der Waals surface area contributed by atoms with E-state index in [2.05, 4.69) is 39.9 Å². The molecule has 0 spiro atoms. The standard InChI is InChI=1S/C24H23N5O/c25-21-10-4-5-11-22(21)26-24(30)20-14-12-19(13-15-20)23-17-29(28-27-23)16-6-9-18-7-2-1-3-8-18/h1-5,7-8,10-15,17H,6,9,16,25H2,(H,26,30). The van der Waals surface area contributed by atoms with Crippen LogP contribution in [0.4, 0.5) is 11.4 Å². The second-order valence-electron chi connectivity index (χ2n) is 7.07. The molecule has 0 aliphatic heterocycles. The lowest BCUT2D eigenvalue weighted by atomic mass is 10.1. The quantitative estimate of drug-likeness (QED) is 0.452. The molecule has 30 heavy (non-hydrogen) atoms. The Kier molecular flexibility index (Phi) is 5.85. The number of hydrogen-bond acceptors (Lipinski definition) is 4. The van der Waals surface area contributed by atoms with Crippen molar-refractivity contribution in [2.75, 3.05) is 11.1 Å². The minimum absolute atomic E-state index is 0.205. The van der Waals surface area contributed by atoms with E-state index in [1.54, 1.807) is 24.3 Å². The van der Waals surface area contributed by atoms with Crippen molar-refractivity contribution in [2.24, 2.45) is 0 Å². The maximum Gasteiger partial charge on any atom is 0.255 e. The summed E-state index contributed by atoms with van der Waals surface area (Å²) in [4.78, 5) is 12.5. The molecule has 0 aliphatic carbocycles. The summed E-state index contributed by atoms with van der Waals surface area (Å²) in [6, 6.07) is 24.9. The van der Waals surface area contributed by atoms with Crippen molar-refractivity contribution in [1.82, 2.24) is 15.0 Å². The Morgan fingerprint density at radius 1 is 0.933 bits per heavy atom. The number of nitrogens with one attached hydrogen (secondary N) is 1. The van der Waals surface area contributed by atoms with E-state index >= 15 is 0 Å². The number of nitrogens with zero attached hydrogens (tertiary/aromatic N) is 3. The van der Waals surface area contributed by atoms with Gasteiger partial charge in [0.05, 0.1) is 17.6 Å². The van der Waals surface area contributed by atoms with Gasteiger partial charge in [0.25, 0.3) is 5.91 Å². The number of carbonyl (C=O) groups excluding carboxylic acids is 1. The Balaban J connectivity index is 1.36. The lowest BCUT2D eigenvalue weighted by Gasteiger charge is -2.08. The first-order valence-electron chi connectivity index (χ1n) is 9.89. The van der Waals surface area contributed by atoms with Crippen molar-refractivity contribution in [1.29, 1.82) is 0 Å². The molecule has 4 rings (SSSR count). The van der Waals surface area contributed by atoms with Crippen LogP contribution in [-0.4, -0.2) is 20.9 Å². The monoisotopic (exact) mass is 397 g/mol. The van der Waals surface area contributed by atoms with E-state index in [9.17, 15) is 4.79 Å². The number of hydrogen-bond donors (Lipinski definition) is 2. The van der Waals surface area contributed by atoms with Gasteiger partial charge in [0, 0.05) is 17.7 Å². The molecule has 0 unspecified atom stereocenters. The van der Waals surface area contributed by atoms with Crippen LogP contribution in [0.15, 0.2) is 85.1 Å². The number of nitrogen functional groups attached to an aromatic ring is 1. The molecular weight excluding hydrogens is 374 g/mol. The number of aromatic nitrogens is 3. The van der Waals surface area contributed by atoms with Crippen LogP contribution in [0.5, 0.6) is 0 Å². The molecule has 0 aliphatic rings. The van der Waals surface area contributed by atoms with Crippen molar-refractivity contribution < 1.29 is 4.79 Å². The largest absolute Gasteiger partial charge is 0.397 e. The highest BCUT2D eigenvalue weighted by molar-refractivity contribution is 6.05. The van der Waals surface area contributed by atoms with Gasteiger partial charge in [-0.2, -0.15) is 0 Å². The van der Waals surface area contributed by atoms with Gasteiger partial charge >= 0.3 is 0 Å². The van der Waals surface area contributed by atoms with Crippen molar-refractivity contribution in [3.8, 4) is 11.3 Å². The van der Waals surface area contributed by atoms with Crippen molar-refractivity contribution >= 4 is 17.3 Å². The third-order valence-electron chi connectivity index (χ3n) is 4.89. The van der Waals surface area contributed by atoms with Gasteiger partial charge in [-0.05, 0) is 42.7 Å². The van der Waals surface area contributed by atoms with Gasteiger partial charge in [0.2, 0.25) is 0 Å². The molecule has 0 radical (unpaired) electrons. The minimum atomic E-state index is -0.205. The summed E-state index contributed by atoms with van der Waals surface area (Å²) >= 11 is 0. The normalized spacial score (nSPS) is 10.7. The summed E-state index contributed by atoms with van der Waals surface area (Å²) in [7, 11) is 0. The van der Waals surface area contributed by atoms with Crippen LogP contribution >= 0.6 is 0 Å². The van der Waals surface area contributed by atoms with Gasteiger partial charge in [-0.3, -0.25) is 9.48 Å². The van der Waals surface area contributed by atoms with Crippen LogP contribution in [0.2, 0.25) is 0 Å². The van der Waals surface area contributed by atoms with Crippen LogP contribution in [0, 0.1) is 0 Å². The SMILES string of the molecule is Nc1ccccc1NC(=O)c1ccc(-c2cn(CCCc3ccccc3)nn2)cc1. The third kappa shape index (κ3) is 4.72. The predicted octanol–water partition coefficient (Wildman–Crippen LogP) is 4.41. The smallest absolute Gasteiger partial charge is 0.255 e. The highest BCUT2D eigenvalue weighted by atomic mass is 16.1. The molecule has 0 atom stereocenters. The van der Waals surface area contributed by atoms with Crippen molar-refractivity contribution in [2.45, 2.75) is 19.4 Å². The zero-order valence-corrected chi connectivity index (χ0v) is 16.5. The zero-order chi connectivity index (χ0) is 20.8. The summed E-state index contributed by atoms with van der Waals surface area (Å²) in [5, 5.41) is 11.3. The van der Waals surface area contributed by atoms with Gasteiger partial charge < -0.3 is 11.1 Å². The molecule has 0 fully saturated rings. The fourth-order valence-electron chi connectivity index (χ4n) is 3.23. The zero-order valence-electron chi connectivity index (χ0n) is 16.5. The number of amides is 1. The third-order valence-corrected chi connectivity index (χ3v) is 4.89. The second-order valence-corrected chi connectivity index (χ2v) is 7.07. The van der Waals surface area contributed by atoms with Crippen LogP contribution in [0.25, 0.3) is 11.3 Å². The van der Waals surface area contributed by atoms with Crippen LogP contribution < -0.4 is 11.1 Å². The topological polar surface area (TPSA) is 85.8 Å². The summed E-state index contributed by atoms with van der Waals surface area (Å²) in [6.07, 6.45) is 3.94. The Labute approximate surface area is 175 Å². The van der Waals surface area contributed by atoms with Crippen LogP contribution in [0.1, 0.15) is 22.3 Å². The first kappa shape index (κ1) is 19.4. The molecule has 6 heteroatoms. The molecule has 4 aromatic rings. The summed E-state index contributed by atoms with van der Waals surface area (Å²) < 4.78 is 1.86. The number of para-hydroxylation sites is 2. The highest BCUT2D eigenvalue weighted by Crippen LogP contribution is 2.20. The lowest BCUT2D eigenvalue weighted by molar-refractivity contribution is 0.102. The molecular formula is C24H23N5O. The fraction of sp³-hybridized carbons (Fsp3) is 0.125. The van der Waals surface area contributed by atoms with Gasteiger partial charge in [-0.25, -0.2) is 0 Å². The van der Waals surface area contributed by atoms with E-state index in [0.717, 1.165) is 30.6 Å². The molecule has 150 valence electrons. The summed E-state index contributed by atoms with van der Waals surface area (Å²) in [6.45, 7) is 0.806. The lowest BCUT2D eigenvalue weighted by Crippen LogP contribution is -2.12. The van der Waals surface area contributed by atoms with E-state index in [4.69, 9.17) is 5.73 Å². The first-order chi connectivity index (χ1) is 14.7. The van der Waals surface area contributed by atoms with E-state index in [1.807, 2.05) is 41.2 Å². The van der Waals surface area contributed by atoms with Gasteiger partial charge in [0.15, 0.2) is 0 Å². The first-order valence-corrected chi connectivity index (χ1v) is 9.89. The molecule has 1 amide bonds. The molecule has 1 heterocycles. The number of carbonyl (C=O) groups is 1. The molecule has 3 N–H and O–H groups in total. The average molecular weight is 397 g/mol. The number of benzene rings is 3. The number of aryl methyl sites for hydroxylation is 2. The average Bonchev–Trinajstić information content (AvgIpc) is 3.25. The Morgan fingerprint density at radius 2 is 1.67 bits per heavy atom. The minimum Gasteiger partial charge on any atom is -0.397 e. The molecule has 6 nitrogen and oxygen atoms in total. The number of nitrogens with two attached hydrogens (primary N) is 1. The predicted molar refractivity (Wildman–Crippen MR) is 119 cm³/mol. The number of rotatable bonds is 7. The van der Waals surface area contributed by atoms with Crippen LogP contribution in [-0.2, 0) is 13.0 Å². The highest BCUT2D eigenvalue weighted by Gasteiger charge is 2.09. The Hall–Kier alpha value is -3.93. The van der Waals surface area contributed by atoms with E-state index in [1.165, 1.54) is 5.56 Å². The van der Waals surface area contributed by atoms with Crippen molar-refractivity contribution in [3.63, 3.8) is 0 Å². The molecule has 0 saturated carbocycles. The molecule has 1 aromatic heterocycles. The fourth-order valence-corrected chi connectivity index (χ4v) is 3.23. The Morgan fingerprint density at radius 3 is 2.43 bits per heavy atom. The van der Waals surface area contributed by atoms with Gasteiger partial charge in [-0.15, -0.1) is 5.10 Å². The maximum absolute atomic E-state index is 12.5. The van der Waals surface area contributed by atoms with E-state index in [-0.39, 0.29) is 5.91 Å². The Bertz CT molecular complexity index is 1120. The number of anilines is 2. The van der Waals surface area contributed by atoms with Gasteiger partial charge in [-0.1, -0.05) is 59.8 Å². The van der Waals surface area contributed by atoms with Crippen LogP contribution in [0.3, 0.4) is 0 Å². The maximum atomic E-state index is 12.5. The van der Waals surface area contributed by atoms with Crippen molar-refractivity contribution in [3.05, 3.63) is 96.2 Å². The van der Waals surface area contributed by atoms with E-state index < -0.39 is 0 Å². The molecule has 3 aromatic carbocycles. The molecule has 0 bridgehead atoms.